The highest BCUT2D eigenvalue weighted by Crippen LogP contribution is 2.36. The molecule has 0 aromatic carbocycles. The van der Waals surface area contributed by atoms with Gasteiger partial charge in [0.05, 0.1) is 34.2 Å². The van der Waals surface area contributed by atoms with Crippen LogP contribution in [0.25, 0.3) is 0 Å². The van der Waals surface area contributed by atoms with Crippen LogP contribution in [0.2, 0.25) is 0 Å². The summed E-state index contributed by atoms with van der Waals surface area (Å²) < 4.78 is 34.9. The largest absolute Gasteiger partial charge is 0.538 e. The molecule has 120 valence electrons. The third-order valence-electron chi connectivity index (χ3n) is 2.38. The third kappa shape index (κ3) is 6.16. The second kappa shape index (κ2) is 9.38. The van der Waals surface area contributed by atoms with Crippen LogP contribution >= 0.6 is 8.03 Å². The van der Waals surface area contributed by atoms with Crippen molar-refractivity contribution in [2.75, 3.05) is 34.8 Å². The Morgan fingerprint density at radius 2 is 1.38 bits per heavy atom. The molecule has 0 aliphatic carbocycles. The van der Waals surface area contributed by atoms with Gasteiger partial charge in [0, 0.05) is 7.11 Å². The van der Waals surface area contributed by atoms with Crippen LogP contribution in [0.1, 0.15) is 12.8 Å². The zero-order valence-electron chi connectivity index (χ0n) is 12.2. The van der Waals surface area contributed by atoms with Crippen LogP contribution in [-0.4, -0.2) is 58.3 Å². The Labute approximate surface area is 122 Å². The molecule has 0 aromatic rings. The Kier molecular flexibility index (Phi) is 8.68. The summed E-state index contributed by atoms with van der Waals surface area (Å²) in [5.41, 5.74) is -2.10. The van der Waals surface area contributed by atoms with E-state index in [-0.39, 0.29) is 6.35 Å². The van der Waals surface area contributed by atoms with Gasteiger partial charge in [-0.3, -0.25) is 9.59 Å². The molecule has 1 atom stereocenters. The Morgan fingerprint density at radius 1 is 0.905 bits per heavy atom. The van der Waals surface area contributed by atoms with E-state index in [1.54, 1.807) is 0 Å². The molecule has 0 radical (unpaired) electrons. The second-order valence-corrected chi connectivity index (χ2v) is 4.94. The third-order valence-corrected chi connectivity index (χ3v) is 3.41. The summed E-state index contributed by atoms with van der Waals surface area (Å²) in [4.78, 5) is 34.9. The molecule has 0 N–H and O–H groups in total. The normalized spacial score (nSPS) is 11.5. The van der Waals surface area contributed by atoms with E-state index in [2.05, 4.69) is 18.9 Å². The maximum atomic E-state index is 11.9. The highest BCUT2D eigenvalue weighted by Gasteiger charge is 2.52. The lowest BCUT2D eigenvalue weighted by Gasteiger charge is -2.23. The Bertz CT molecular complexity index is 388. The molecule has 0 amide bonds. The Hall–Kier alpha value is -1.57. The van der Waals surface area contributed by atoms with Crippen molar-refractivity contribution in [3.8, 4) is 0 Å². The van der Waals surface area contributed by atoms with Gasteiger partial charge >= 0.3 is 25.9 Å². The lowest BCUT2D eigenvalue weighted by atomic mass is 9.95. The van der Waals surface area contributed by atoms with Gasteiger partial charge < -0.3 is 18.9 Å². The van der Waals surface area contributed by atoms with Gasteiger partial charge in [-0.05, 0) is 4.57 Å². The number of hydrogen-bond donors (Lipinski definition) is 0. The molecule has 0 aliphatic heterocycles. The van der Waals surface area contributed by atoms with Crippen molar-refractivity contribution < 1.29 is 42.4 Å². The SMILES string of the molecule is COC[P+](=O)OC(CC(=O)OC)(CC(=O)OC)C(=O)OC. The summed E-state index contributed by atoms with van der Waals surface area (Å²) in [6.07, 6.45) is -1.64. The molecule has 0 aliphatic rings. The van der Waals surface area contributed by atoms with Gasteiger partial charge in [-0.15, -0.1) is 4.52 Å². The number of methoxy groups -OCH3 is 4. The number of carbonyl (C=O) groups excluding carboxylic acids is 3. The highest BCUT2D eigenvalue weighted by molar-refractivity contribution is 7.38. The molecule has 0 spiro atoms. The molecule has 21 heavy (non-hydrogen) atoms. The molecule has 9 nitrogen and oxygen atoms in total. The van der Waals surface area contributed by atoms with E-state index in [9.17, 15) is 18.9 Å². The summed E-state index contributed by atoms with van der Waals surface area (Å²) in [6.45, 7) is 0. The monoisotopic (exact) mass is 325 g/mol. The van der Waals surface area contributed by atoms with Crippen LogP contribution in [0.3, 0.4) is 0 Å². The summed E-state index contributed by atoms with van der Waals surface area (Å²) >= 11 is 0. The summed E-state index contributed by atoms with van der Waals surface area (Å²) in [5, 5.41) is 0. The first-order chi connectivity index (χ1) is 9.84. The fourth-order valence-electron chi connectivity index (χ4n) is 1.43. The van der Waals surface area contributed by atoms with Crippen molar-refractivity contribution in [1.29, 1.82) is 0 Å². The number of ether oxygens (including phenoxy) is 4. The molecule has 0 bridgehead atoms. The van der Waals surface area contributed by atoms with Crippen LogP contribution in [0, 0.1) is 0 Å². The van der Waals surface area contributed by atoms with Gasteiger partial charge in [0.2, 0.25) is 5.60 Å². The molecular weight excluding hydrogens is 307 g/mol. The number of hydrogen-bond acceptors (Lipinski definition) is 9. The maximum absolute atomic E-state index is 11.9. The van der Waals surface area contributed by atoms with Crippen LogP contribution < -0.4 is 0 Å². The van der Waals surface area contributed by atoms with Crippen LogP contribution in [0.15, 0.2) is 0 Å². The minimum absolute atomic E-state index is 0.323. The molecule has 0 saturated carbocycles. The van der Waals surface area contributed by atoms with E-state index in [4.69, 9.17) is 4.52 Å². The van der Waals surface area contributed by atoms with Gasteiger partial charge in [0.1, 0.15) is 0 Å². The zero-order chi connectivity index (χ0) is 16.5. The first-order valence-corrected chi connectivity index (χ1v) is 7.06. The lowest BCUT2D eigenvalue weighted by Crippen LogP contribution is -2.45. The number of rotatable bonds is 9. The van der Waals surface area contributed by atoms with Gasteiger partial charge in [-0.25, -0.2) is 4.79 Å². The quantitative estimate of drug-likeness (QED) is 0.337. The van der Waals surface area contributed by atoms with Crippen molar-refractivity contribution in [2.24, 2.45) is 0 Å². The van der Waals surface area contributed by atoms with Crippen molar-refractivity contribution >= 4 is 25.9 Å². The summed E-state index contributed by atoms with van der Waals surface area (Å²) in [6, 6.07) is 0. The molecule has 0 aromatic heterocycles. The Morgan fingerprint density at radius 3 is 1.71 bits per heavy atom. The van der Waals surface area contributed by atoms with Gasteiger partial charge in [-0.2, -0.15) is 0 Å². The van der Waals surface area contributed by atoms with E-state index < -0.39 is 44.4 Å². The number of carbonyl (C=O) groups is 3. The standard InChI is InChI=1S/C11H18O9P/c1-16-7-21(15)20-11(10(14)19-4,5-8(12)17-2)6-9(13)18-3/h5-7H2,1-4H3/q+1. The van der Waals surface area contributed by atoms with Crippen LogP contribution in [0.4, 0.5) is 0 Å². The molecule has 0 heterocycles. The lowest BCUT2D eigenvalue weighted by molar-refractivity contribution is -0.170. The topological polar surface area (TPSA) is 114 Å². The highest BCUT2D eigenvalue weighted by atomic mass is 31.1. The average Bonchev–Trinajstić information content (AvgIpc) is 2.45. The van der Waals surface area contributed by atoms with Gasteiger partial charge in [0.25, 0.3) is 6.35 Å². The van der Waals surface area contributed by atoms with Gasteiger partial charge in [0.15, 0.2) is 0 Å². The molecule has 0 fully saturated rings. The average molecular weight is 325 g/mol. The van der Waals surface area contributed by atoms with Crippen molar-refractivity contribution in [3.63, 3.8) is 0 Å². The van der Waals surface area contributed by atoms with E-state index in [1.165, 1.54) is 7.11 Å². The summed E-state index contributed by atoms with van der Waals surface area (Å²) in [5.74, 6) is -2.73. The Balaban J connectivity index is 5.48. The fourth-order valence-corrected chi connectivity index (χ4v) is 2.29. The maximum Gasteiger partial charge on any atom is 0.538 e. The molecule has 0 rings (SSSR count). The second-order valence-electron chi connectivity index (χ2n) is 3.83. The van der Waals surface area contributed by atoms with E-state index in [0.29, 0.717) is 0 Å². The minimum atomic E-state index is -2.47. The predicted octanol–water partition coefficient (Wildman–Crippen LogP) is 0.387. The van der Waals surface area contributed by atoms with Crippen LogP contribution in [-0.2, 0) is 42.4 Å². The van der Waals surface area contributed by atoms with Crippen LogP contribution in [0.5, 0.6) is 0 Å². The van der Waals surface area contributed by atoms with Crippen molar-refractivity contribution in [2.45, 2.75) is 18.4 Å². The first-order valence-electron chi connectivity index (χ1n) is 5.70. The fraction of sp³-hybridized carbons (Fsp3) is 0.727. The van der Waals surface area contributed by atoms with Gasteiger partial charge in [-0.1, -0.05) is 0 Å². The van der Waals surface area contributed by atoms with Crippen molar-refractivity contribution in [1.82, 2.24) is 0 Å². The first kappa shape index (κ1) is 19.4. The predicted molar refractivity (Wildman–Crippen MR) is 68.6 cm³/mol. The summed E-state index contributed by atoms with van der Waals surface area (Å²) in [7, 11) is 2.04. The van der Waals surface area contributed by atoms with E-state index in [0.717, 1.165) is 21.3 Å². The van der Waals surface area contributed by atoms with Crippen molar-refractivity contribution in [3.05, 3.63) is 0 Å². The van der Waals surface area contributed by atoms with E-state index in [1.807, 2.05) is 0 Å². The molecule has 0 saturated heterocycles. The molecule has 1 unspecified atom stereocenters. The number of esters is 3. The molecular formula is C11H18O9P+. The minimum Gasteiger partial charge on any atom is -0.469 e. The molecule has 10 heteroatoms. The smallest absolute Gasteiger partial charge is 0.469 e. The zero-order valence-corrected chi connectivity index (χ0v) is 13.1. The van der Waals surface area contributed by atoms with E-state index >= 15 is 0 Å².